The number of amides is 1. The van der Waals surface area contributed by atoms with E-state index in [1.165, 1.54) is 11.1 Å². The Kier molecular flexibility index (Phi) is 6.64. The lowest BCUT2D eigenvalue weighted by molar-refractivity contribution is -0.113. The van der Waals surface area contributed by atoms with Crippen molar-refractivity contribution >= 4 is 69.1 Å². The molecule has 1 aliphatic rings. The highest BCUT2D eigenvalue weighted by Crippen LogP contribution is 2.31. The average molecular weight is 535 g/mol. The van der Waals surface area contributed by atoms with Crippen LogP contribution in [0.1, 0.15) is 34.7 Å². The highest BCUT2D eigenvalue weighted by Gasteiger charge is 2.32. The van der Waals surface area contributed by atoms with E-state index >= 15 is 0 Å². The van der Waals surface area contributed by atoms with E-state index in [2.05, 4.69) is 41.2 Å². The van der Waals surface area contributed by atoms with Gasteiger partial charge in [-0.25, -0.2) is 0 Å². The van der Waals surface area contributed by atoms with Crippen LogP contribution in [0.2, 0.25) is 10.0 Å². The lowest BCUT2D eigenvalue weighted by Gasteiger charge is -2.15. The van der Waals surface area contributed by atoms with Gasteiger partial charge >= 0.3 is 0 Å². The number of hydrogen-bond donors (Lipinski definition) is 1. The molecule has 0 saturated carbocycles. The van der Waals surface area contributed by atoms with Crippen molar-refractivity contribution in [3.8, 4) is 0 Å². The van der Waals surface area contributed by atoms with Crippen LogP contribution in [0.4, 0.5) is 5.69 Å². The van der Waals surface area contributed by atoms with Crippen molar-refractivity contribution < 1.29 is 4.79 Å². The summed E-state index contributed by atoms with van der Waals surface area (Å²) in [6.07, 6.45) is 4.84. The Balaban J connectivity index is 1.57. The molecule has 0 atom stereocenters. The number of anilines is 1. The quantitative estimate of drug-likeness (QED) is 0.214. The van der Waals surface area contributed by atoms with Crippen molar-refractivity contribution in [2.45, 2.75) is 33.7 Å². The summed E-state index contributed by atoms with van der Waals surface area (Å²) in [6.45, 7) is 6.80. The fraction of sp³-hybridized carbons (Fsp3) is 0.172. The summed E-state index contributed by atoms with van der Waals surface area (Å²) in [4.78, 5) is 15.0. The number of rotatable bonds is 5. The van der Waals surface area contributed by atoms with Gasteiger partial charge in [-0.3, -0.25) is 9.69 Å². The number of aryl methyl sites for hydroxylation is 3. The number of hydrogen-bond acceptors (Lipinski definition) is 2. The summed E-state index contributed by atoms with van der Waals surface area (Å²) >= 11 is 18.1. The summed E-state index contributed by atoms with van der Waals surface area (Å²) in [5.74, 6) is -0.170. The Morgan fingerprint density at radius 1 is 1.00 bits per heavy atom. The monoisotopic (exact) mass is 533 g/mol. The number of carbonyl (C=O) groups excluding carboxylic acids is 1. The van der Waals surface area contributed by atoms with E-state index in [0.717, 1.165) is 39.7 Å². The Morgan fingerprint density at radius 2 is 1.81 bits per heavy atom. The van der Waals surface area contributed by atoms with Gasteiger partial charge in [-0.1, -0.05) is 60.5 Å². The standard InChI is InChI=1S/C29H25Cl2N3OS/c1-4-19-6-5-7-24-21(16-33(27(19)24)15-20-9-10-22(30)14-25(20)31)13-26-28(35)34(29(36)32-26)23-11-8-17(2)18(3)12-23/h5-14,16H,4,15H2,1-3H3,(H,32,36)/b26-13-. The summed E-state index contributed by atoms with van der Waals surface area (Å²) in [7, 11) is 0. The Bertz CT molecular complexity index is 1570. The average Bonchev–Trinajstić information content (AvgIpc) is 3.33. The first-order chi connectivity index (χ1) is 17.3. The number of thiocarbonyl (C=S) groups is 1. The maximum absolute atomic E-state index is 13.4. The Hall–Kier alpha value is -3.12. The van der Waals surface area contributed by atoms with Crippen molar-refractivity contribution in [1.29, 1.82) is 0 Å². The molecule has 1 aliphatic heterocycles. The normalized spacial score (nSPS) is 14.8. The number of para-hydroxylation sites is 1. The third-order valence-electron chi connectivity index (χ3n) is 6.68. The largest absolute Gasteiger partial charge is 0.342 e. The van der Waals surface area contributed by atoms with Gasteiger partial charge in [-0.05, 0) is 85.1 Å². The molecule has 0 unspecified atom stereocenters. The predicted octanol–water partition coefficient (Wildman–Crippen LogP) is 7.44. The molecule has 3 aromatic carbocycles. The van der Waals surface area contributed by atoms with E-state index in [9.17, 15) is 4.79 Å². The van der Waals surface area contributed by atoms with E-state index in [1.54, 1.807) is 11.0 Å². The summed E-state index contributed by atoms with van der Waals surface area (Å²) in [6, 6.07) is 17.7. The van der Waals surface area contributed by atoms with Gasteiger partial charge in [0, 0.05) is 33.7 Å². The number of carbonyl (C=O) groups is 1. The summed E-state index contributed by atoms with van der Waals surface area (Å²) < 4.78 is 2.19. The minimum absolute atomic E-state index is 0.170. The lowest BCUT2D eigenvalue weighted by atomic mass is 10.1. The second kappa shape index (κ2) is 9.74. The van der Waals surface area contributed by atoms with Gasteiger partial charge in [-0.15, -0.1) is 0 Å². The molecule has 7 heteroatoms. The van der Waals surface area contributed by atoms with Crippen LogP contribution >= 0.6 is 35.4 Å². The zero-order valence-corrected chi connectivity index (χ0v) is 22.6. The third-order valence-corrected chi connectivity index (χ3v) is 7.55. The molecule has 0 aliphatic carbocycles. The van der Waals surface area contributed by atoms with Gasteiger partial charge in [0.05, 0.1) is 11.2 Å². The molecule has 4 aromatic rings. The van der Waals surface area contributed by atoms with Crippen LogP contribution in [0.15, 0.2) is 66.5 Å². The van der Waals surface area contributed by atoms with Crippen molar-refractivity contribution in [2.75, 3.05) is 4.90 Å². The van der Waals surface area contributed by atoms with E-state index in [-0.39, 0.29) is 5.91 Å². The second-order valence-electron chi connectivity index (χ2n) is 9.01. The number of nitrogens with one attached hydrogen (secondary N) is 1. The van der Waals surface area contributed by atoms with Gasteiger partial charge in [0.15, 0.2) is 5.11 Å². The van der Waals surface area contributed by atoms with Crippen molar-refractivity contribution in [1.82, 2.24) is 9.88 Å². The molecular formula is C29H25Cl2N3OS. The molecule has 5 rings (SSSR count). The van der Waals surface area contributed by atoms with E-state index in [0.29, 0.717) is 27.4 Å². The first kappa shape index (κ1) is 24.6. The van der Waals surface area contributed by atoms with E-state index in [4.69, 9.17) is 35.4 Å². The zero-order valence-electron chi connectivity index (χ0n) is 20.2. The van der Waals surface area contributed by atoms with Gasteiger partial charge in [-0.2, -0.15) is 0 Å². The minimum Gasteiger partial charge on any atom is -0.342 e. The number of nitrogens with zero attached hydrogens (tertiary/aromatic N) is 2. The zero-order chi connectivity index (χ0) is 25.6. The van der Waals surface area contributed by atoms with Crippen LogP contribution in [0, 0.1) is 13.8 Å². The molecule has 0 bridgehead atoms. The van der Waals surface area contributed by atoms with Crippen molar-refractivity contribution in [2.24, 2.45) is 0 Å². The van der Waals surface area contributed by atoms with Crippen LogP contribution in [-0.2, 0) is 17.8 Å². The van der Waals surface area contributed by atoms with Gasteiger partial charge < -0.3 is 9.88 Å². The maximum Gasteiger partial charge on any atom is 0.281 e. The van der Waals surface area contributed by atoms with E-state index < -0.39 is 0 Å². The number of halogens is 2. The molecule has 1 aromatic heterocycles. The Labute approximate surface area is 226 Å². The lowest BCUT2D eigenvalue weighted by Crippen LogP contribution is -2.30. The molecule has 1 amide bonds. The molecule has 0 spiro atoms. The topological polar surface area (TPSA) is 37.3 Å². The summed E-state index contributed by atoms with van der Waals surface area (Å²) in [5, 5.41) is 5.80. The molecular weight excluding hydrogens is 509 g/mol. The molecule has 182 valence electrons. The molecule has 36 heavy (non-hydrogen) atoms. The van der Waals surface area contributed by atoms with Gasteiger partial charge in [0.1, 0.15) is 5.70 Å². The van der Waals surface area contributed by atoms with Crippen LogP contribution in [-0.4, -0.2) is 15.6 Å². The van der Waals surface area contributed by atoms with Gasteiger partial charge in [0.25, 0.3) is 5.91 Å². The number of fused-ring (bicyclic) bond motifs is 1. The first-order valence-electron chi connectivity index (χ1n) is 11.8. The predicted molar refractivity (Wildman–Crippen MR) is 154 cm³/mol. The second-order valence-corrected chi connectivity index (χ2v) is 10.2. The minimum atomic E-state index is -0.170. The fourth-order valence-electron chi connectivity index (χ4n) is 4.61. The molecule has 4 nitrogen and oxygen atoms in total. The SMILES string of the molecule is CCc1cccc2c(/C=C3\NC(=S)N(c4ccc(C)c(C)c4)C3=O)cn(Cc3ccc(Cl)cc3Cl)c12. The summed E-state index contributed by atoms with van der Waals surface area (Å²) in [5.41, 5.74) is 7.74. The molecule has 1 saturated heterocycles. The first-order valence-corrected chi connectivity index (χ1v) is 12.9. The maximum atomic E-state index is 13.4. The van der Waals surface area contributed by atoms with Crippen LogP contribution < -0.4 is 10.2 Å². The number of aromatic nitrogens is 1. The van der Waals surface area contributed by atoms with E-state index in [1.807, 2.05) is 50.3 Å². The smallest absolute Gasteiger partial charge is 0.281 e. The highest BCUT2D eigenvalue weighted by molar-refractivity contribution is 7.80. The molecule has 1 N–H and O–H groups in total. The van der Waals surface area contributed by atoms with Crippen molar-refractivity contribution in [3.63, 3.8) is 0 Å². The van der Waals surface area contributed by atoms with Crippen LogP contribution in [0.3, 0.4) is 0 Å². The van der Waals surface area contributed by atoms with Gasteiger partial charge in [0.2, 0.25) is 0 Å². The highest BCUT2D eigenvalue weighted by atomic mass is 35.5. The number of benzene rings is 3. The van der Waals surface area contributed by atoms with Crippen LogP contribution in [0.25, 0.3) is 17.0 Å². The molecule has 0 radical (unpaired) electrons. The third kappa shape index (κ3) is 4.43. The van der Waals surface area contributed by atoms with Crippen molar-refractivity contribution in [3.05, 3.63) is 104 Å². The molecule has 1 fully saturated rings. The molecule has 2 heterocycles. The van der Waals surface area contributed by atoms with Crippen LogP contribution in [0.5, 0.6) is 0 Å². The Morgan fingerprint density at radius 3 is 2.53 bits per heavy atom. The fourth-order valence-corrected chi connectivity index (χ4v) is 5.38.